The summed E-state index contributed by atoms with van der Waals surface area (Å²) in [5.74, 6) is 1.01. The van der Waals surface area contributed by atoms with Crippen molar-refractivity contribution >= 4 is 5.91 Å². The molecule has 144 valence electrons. The fourth-order valence-electron chi connectivity index (χ4n) is 2.57. The maximum atomic E-state index is 12.1. The Hall–Kier alpha value is -3.41. The first-order valence-electron chi connectivity index (χ1n) is 9.20. The first-order valence-corrected chi connectivity index (χ1v) is 9.20. The van der Waals surface area contributed by atoms with E-state index in [1.54, 1.807) is 30.3 Å². The third kappa shape index (κ3) is 5.30. The fourth-order valence-corrected chi connectivity index (χ4v) is 2.57. The number of hydrogen-bond donors (Lipinski definition) is 1. The Bertz CT molecular complexity index is 892. The second kappa shape index (κ2) is 9.50. The van der Waals surface area contributed by atoms with E-state index in [0.717, 1.165) is 17.0 Å². The van der Waals surface area contributed by atoms with E-state index >= 15 is 0 Å². The summed E-state index contributed by atoms with van der Waals surface area (Å²) in [6.07, 6.45) is 0. The summed E-state index contributed by atoms with van der Waals surface area (Å²) in [5, 5.41) is 11.1. The molecule has 1 aromatic heterocycles. The average Bonchev–Trinajstić information content (AvgIpc) is 2.73. The minimum absolute atomic E-state index is 0.160. The van der Waals surface area contributed by atoms with Gasteiger partial charge in [-0.05, 0) is 44.2 Å². The van der Waals surface area contributed by atoms with Crippen molar-refractivity contribution in [1.82, 2.24) is 15.5 Å². The lowest BCUT2D eigenvalue weighted by atomic mass is 10.1. The second-order valence-corrected chi connectivity index (χ2v) is 6.18. The molecule has 2 aromatic carbocycles. The van der Waals surface area contributed by atoms with Crippen molar-refractivity contribution in [2.45, 2.75) is 13.8 Å². The van der Waals surface area contributed by atoms with Crippen LogP contribution in [0.3, 0.4) is 0 Å². The molecule has 0 fully saturated rings. The zero-order valence-corrected chi connectivity index (χ0v) is 16.0. The van der Waals surface area contributed by atoms with Gasteiger partial charge in [-0.2, -0.15) is 0 Å². The molecule has 3 rings (SSSR count). The molecule has 0 aliphatic heterocycles. The van der Waals surface area contributed by atoms with Gasteiger partial charge in [-0.3, -0.25) is 4.79 Å². The van der Waals surface area contributed by atoms with Crippen molar-refractivity contribution in [3.05, 3.63) is 71.8 Å². The smallest absolute Gasteiger partial charge is 0.251 e. The Kier molecular flexibility index (Phi) is 6.57. The highest BCUT2D eigenvalue weighted by Crippen LogP contribution is 2.18. The summed E-state index contributed by atoms with van der Waals surface area (Å²) in [5.41, 5.74) is 3.57. The number of nitrogens with zero attached hydrogens (tertiary/aromatic N) is 2. The number of ether oxygens (including phenoxy) is 2. The van der Waals surface area contributed by atoms with Crippen LogP contribution in [0.1, 0.15) is 22.8 Å². The van der Waals surface area contributed by atoms with Crippen LogP contribution in [-0.4, -0.2) is 35.9 Å². The van der Waals surface area contributed by atoms with Gasteiger partial charge >= 0.3 is 0 Å². The molecule has 1 heterocycles. The predicted molar refractivity (Wildman–Crippen MR) is 108 cm³/mol. The second-order valence-electron chi connectivity index (χ2n) is 6.18. The number of benzene rings is 2. The van der Waals surface area contributed by atoms with E-state index in [1.807, 2.05) is 44.2 Å². The van der Waals surface area contributed by atoms with Crippen LogP contribution in [0.25, 0.3) is 11.3 Å². The van der Waals surface area contributed by atoms with Crippen LogP contribution in [0.4, 0.5) is 0 Å². The van der Waals surface area contributed by atoms with Gasteiger partial charge in [-0.25, -0.2) is 0 Å². The number of carbonyl (C=O) groups excluding carboxylic acids is 1. The Morgan fingerprint density at radius 3 is 2.32 bits per heavy atom. The third-order valence-electron chi connectivity index (χ3n) is 4.05. The van der Waals surface area contributed by atoms with Crippen LogP contribution in [-0.2, 0) is 0 Å². The van der Waals surface area contributed by atoms with E-state index in [9.17, 15) is 4.79 Å². The SMILES string of the molecule is CCOc1ccc(C(=O)NCCOc2ccc(-c3ccc(C)cc3)nn2)cc1. The fraction of sp³-hybridized carbons (Fsp3) is 0.227. The third-order valence-corrected chi connectivity index (χ3v) is 4.05. The topological polar surface area (TPSA) is 73.3 Å². The van der Waals surface area contributed by atoms with Crippen molar-refractivity contribution < 1.29 is 14.3 Å². The van der Waals surface area contributed by atoms with Crippen LogP contribution < -0.4 is 14.8 Å². The number of aryl methyl sites for hydroxylation is 1. The molecule has 1 N–H and O–H groups in total. The normalized spacial score (nSPS) is 10.4. The number of carbonyl (C=O) groups is 1. The Morgan fingerprint density at radius 1 is 0.929 bits per heavy atom. The Labute approximate surface area is 164 Å². The maximum Gasteiger partial charge on any atom is 0.251 e. The molecular weight excluding hydrogens is 354 g/mol. The van der Waals surface area contributed by atoms with Gasteiger partial charge in [0.05, 0.1) is 18.8 Å². The van der Waals surface area contributed by atoms with Crippen LogP contribution in [0.2, 0.25) is 0 Å². The van der Waals surface area contributed by atoms with E-state index in [0.29, 0.717) is 31.2 Å². The van der Waals surface area contributed by atoms with Gasteiger partial charge in [0, 0.05) is 17.2 Å². The molecule has 0 radical (unpaired) electrons. The molecule has 0 unspecified atom stereocenters. The first-order chi connectivity index (χ1) is 13.7. The molecule has 0 aliphatic carbocycles. The molecular formula is C22H23N3O3. The minimum atomic E-state index is -0.160. The molecule has 0 saturated carbocycles. The lowest BCUT2D eigenvalue weighted by Crippen LogP contribution is -2.28. The van der Waals surface area contributed by atoms with Crippen molar-refractivity contribution in [2.24, 2.45) is 0 Å². The largest absolute Gasteiger partial charge is 0.494 e. The quantitative estimate of drug-likeness (QED) is 0.607. The summed E-state index contributed by atoms with van der Waals surface area (Å²) in [6.45, 7) is 5.23. The van der Waals surface area contributed by atoms with Gasteiger partial charge in [0.25, 0.3) is 5.91 Å². The molecule has 0 saturated heterocycles. The van der Waals surface area contributed by atoms with Gasteiger partial charge in [0.2, 0.25) is 5.88 Å². The summed E-state index contributed by atoms with van der Waals surface area (Å²) in [7, 11) is 0. The lowest BCUT2D eigenvalue weighted by Gasteiger charge is -2.08. The van der Waals surface area contributed by atoms with E-state index in [4.69, 9.17) is 9.47 Å². The minimum Gasteiger partial charge on any atom is -0.494 e. The standard InChI is InChI=1S/C22H23N3O3/c1-3-27-19-10-8-18(9-11-19)22(26)23-14-15-28-21-13-12-20(24-25-21)17-6-4-16(2)5-7-17/h4-13H,3,14-15H2,1-2H3,(H,23,26). The molecule has 0 spiro atoms. The number of nitrogens with one attached hydrogen (secondary N) is 1. The number of aromatic nitrogens is 2. The summed E-state index contributed by atoms with van der Waals surface area (Å²) in [4.78, 5) is 12.1. The van der Waals surface area contributed by atoms with Crippen LogP contribution in [0, 0.1) is 6.92 Å². The summed E-state index contributed by atoms with van der Waals surface area (Å²) < 4.78 is 10.9. The van der Waals surface area contributed by atoms with Crippen molar-refractivity contribution in [3.8, 4) is 22.9 Å². The molecule has 0 bridgehead atoms. The average molecular weight is 377 g/mol. The Balaban J connectivity index is 1.44. The summed E-state index contributed by atoms with van der Waals surface area (Å²) >= 11 is 0. The lowest BCUT2D eigenvalue weighted by molar-refractivity contribution is 0.0946. The predicted octanol–water partition coefficient (Wildman–Crippen LogP) is 3.66. The van der Waals surface area contributed by atoms with Crippen molar-refractivity contribution in [3.63, 3.8) is 0 Å². The molecule has 6 nitrogen and oxygen atoms in total. The Morgan fingerprint density at radius 2 is 1.68 bits per heavy atom. The number of rotatable bonds is 8. The highest BCUT2D eigenvalue weighted by atomic mass is 16.5. The molecule has 28 heavy (non-hydrogen) atoms. The van der Waals surface area contributed by atoms with E-state index in [-0.39, 0.29) is 5.91 Å². The monoisotopic (exact) mass is 377 g/mol. The molecule has 0 atom stereocenters. The zero-order valence-electron chi connectivity index (χ0n) is 16.0. The van der Waals surface area contributed by atoms with Gasteiger partial charge < -0.3 is 14.8 Å². The van der Waals surface area contributed by atoms with Crippen LogP contribution >= 0.6 is 0 Å². The van der Waals surface area contributed by atoms with Gasteiger partial charge in [-0.1, -0.05) is 29.8 Å². The molecule has 1 amide bonds. The highest BCUT2D eigenvalue weighted by Gasteiger charge is 2.06. The van der Waals surface area contributed by atoms with E-state index in [1.165, 1.54) is 5.56 Å². The highest BCUT2D eigenvalue weighted by molar-refractivity contribution is 5.94. The number of amides is 1. The van der Waals surface area contributed by atoms with Crippen LogP contribution in [0.5, 0.6) is 11.6 Å². The zero-order chi connectivity index (χ0) is 19.8. The molecule has 3 aromatic rings. The number of hydrogen-bond acceptors (Lipinski definition) is 5. The first kappa shape index (κ1) is 19.4. The maximum absolute atomic E-state index is 12.1. The van der Waals surface area contributed by atoms with Gasteiger partial charge in [0.1, 0.15) is 12.4 Å². The van der Waals surface area contributed by atoms with Gasteiger partial charge in [0.15, 0.2) is 0 Å². The van der Waals surface area contributed by atoms with Crippen molar-refractivity contribution in [2.75, 3.05) is 19.8 Å². The molecule has 6 heteroatoms. The molecule has 0 aliphatic rings. The van der Waals surface area contributed by atoms with Gasteiger partial charge in [-0.15, -0.1) is 10.2 Å². The van der Waals surface area contributed by atoms with Crippen molar-refractivity contribution in [1.29, 1.82) is 0 Å². The summed E-state index contributed by atoms with van der Waals surface area (Å²) in [6, 6.07) is 18.8. The van der Waals surface area contributed by atoms with E-state index < -0.39 is 0 Å². The van der Waals surface area contributed by atoms with E-state index in [2.05, 4.69) is 15.5 Å². The van der Waals surface area contributed by atoms with Crippen LogP contribution in [0.15, 0.2) is 60.7 Å².